The Morgan fingerprint density at radius 3 is 2.35 bits per heavy atom. The molecule has 2 aromatic rings. The lowest BCUT2D eigenvalue weighted by atomic mass is 9.84. The van der Waals surface area contributed by atoms with Crippen molar-refractivity contribution in [1.29, 1.82) is 0 Å². The van der Waals surface area contributed by atoms with Gasteiger partial charge in [-0.05, 0) is 24.6 Å². The minimum atomic E-state index is -0.0897. The molecule has 1 fully saturated rings. The highest BCUT2D eigenvalue weighted by atomic mass is 16.2. The molecule has 2 aromatic carbocycles. The number of amides is 2. The van der Waals surface area contributed by atoms with Crippen LogP contribution in [0.1, 0.15) is 25.0 Å². The number of nitrogens with zero attached hydrogens (tertiary/aromatic N) is 2. The lowest BCUT2D eigenvalue weighted by molar-refractivity contribution is 0.192. The normalized spacial score (nSPS) is 15.0. The van der Waals surface area contributed by atoms with E-state index in [1.54, 1.807) is 0 Å². The van der Waals surface area contributed by atoms with E-state index in [9.17, 15) is 4.79 Å². The molecule has 0 aliphatic carbocycles. The van der Waals surface area contributed by atoms with Gasteiger partial charge in [0.2, 0.25) is 0 Å². The third-order valence-corrected chi connectivity index (χ3v) is 5.17. The summed E-state index contributed by atoms with van der Waals surface area (Å²) < 4.78 is 0. The molecule has 2 amide bonds. The van der Waals surface area contributed by atoms with Crippen LogP contribution in [-0.4, -0.2) is 43.7 Å². The molecule has 3 rings (SSSR count). The number of rotatable bonds is 4. The summed E-state index contributed by atoms with van der Waals surface area (Å²) in [5, 5.41) is 3.13. The summed E-state index contributed by atoms with van der Waals surface area (Å²) in [5.74, 6) is 0. The summed E-state index contributed by atoms with van der Waals surface area (Å²) >= 11 is 0. The van der Waals surface area contributed by atoms with E-state index in [4.69, 9.17) is 0 Å². The predicted molar refractivity (Wildman–Crippen MR) is 108 cm³/mol. The minimum absolute atomic E-state index is 0.0402. The zero-order chi connectivity index (χ0) is 18.6. The van der Waals surface area contributed by atoms with Crippen molar-refractivity contribution < 1.29 is 4.79 Å². The van der Waals surface area contributed by atoms with Gasteiger partial charge in [-0.1, -0.05) is 61.9 Å². The second-order valence-electron chi connectivity index (χ2n) is 7.72. The van der Waals surface area contributed by atoms with Crippen molar-refractivity contribution in [3.05, 3.63) is 65.7 Å². The molecule has 0 aromatic heterocycles. The molecule has 0 spiro atoms. The molecule has 4 heteroatoms. The van der Waals surface area contributed by atoms with Crippen LogP contribution in [0.5, 0.6) is 0 Å². The fourth-order valence-electron chi connectivity index (χ4n) is 3.38. The number of hydrogen-bond donors (Lipinski definition) is 1. The van der Waals surface area contributed by atoms with Crippen LogP contribution >= 0.6 is 0 Å². The van der Waals surface area contributed by atoms with E-state index < -0.39 is 0 Å². The number of para-hydroxylation sites is 1. The third kappa shape index (κ3) is 4.37. The zero-order valence-electron chi connectivity index (χ0n) is 16.0. The Hall–Kier alpha value is -2.49. The highest BCUT2D eigenvalue weighted by Gasteiger charge is 2.25. The standard InChI is InChI=1S/C22H29N3O/c1-18-8-7-9-19(16-18)22(2,3)17-23-21(26)25-14-12-24(13-15-25)20-10-5-4-6-11-20/h4-11,16H,12-15,17H2,1-3H3,(H,23,26). The van der Waals surface area contributed by atoms with Gasteiger partial charge in [0.15, 0.2) is 0 Å². The van der Waals surface area contributed by atoms with E-state index in [2.05, 4.69) is 79.5 Å². The van der Waals surface area contributed by atoms with Crippen molar-refractivity contribution in [3.63, 3.8) is 0 Å². The van der Waals surface area contributed by atoms with E-state index in [0.29, 0.717) is 6.54 Å². The maximum atomic E-state index is 12.6. The summed E-state index contributed by atoms with van der Waals surface area (Å²) in [4.78, 5) is 16.8. The van der Waals surface area contributed by atoms with E-state index in [1.807, 2.05) is 11.0 Å². The van der Waals surface area contributed by atoms with Crippen molar-refractivity contribution in [1.82, 2.24) is 10.2 Å². The summed E-state index contributed by atoms with van der Waals surface area (Å²) in [6, 6.07) is 19.0. The van der Waals surface area contributed by atoms with Crippen LogP contribution in [0.25, 0.3) is 0 Å². The average Bonchev–Trinajstić information content (AvgIpc) is 2.67. The molecule has 0 bridgehead atoms. The van der Waals surface area contributed by atoms with Crippen LogP contribution in [0, 0.1) is 6.92 Å². The number of nitrogens with one attached hydrogen (secondary N) is 1. The van der Waals surface area contributed by atoms with Gasteiger partial charge < -0.3 is 15.1 Å². The SMILES string of the molecule is Cc1cccc(C(C)(C)CNC(=O)N2CCN(c3ccccc3)CC2)c1. The highest BCUT2D eigenvalue weighted by molar-refractivity contribution is 5.74. The molecule has 1 saturated heterocycles. The Kier molecular flexibility index (Phi) is 5.50. The van der Waals surface area contributed by atoms with Crippen LogP contribution in [0.3, 0.4) is 0 Å². The summed E-state index contributed by atoms with van der Waals surface area (Å²) in [7, 11) is 0. The van der Waals surface area contributed by atoms with Crippen molar-refractivity contribution in [2.24, 2.45) is 0 Å². The molecule has 1 heterocycles. The number of carbonyl (C=O) groups is 1. The predicted octanol–water partition coefficient (Wildman–Crippen LogP) is 3.80. The Morgan fingerprint density at radius 1 is 1.00 bits per heavy atom. The number of piperazine rings is 1. The molecule has 26 heavy (non-hydrogen) atoms. The molecule has 4 nitrogen and oxygen atoms in total. The first-order valence-corrected chi connectivity index (χ1v) is 9.36. The van der Waals surface area contributed by atoms with E-state index in [1.165, 1.54) is 16.8 Å². The summed E-state index contributed by atoms with van der Waals surface area (Å²) in [6.07, 6.45) is 0. The van der Waals surface area contributed by atoms with E-state index in [0.717, 1.165) is 26.2 Å². The van der Waals surface area contributed by atoms with Crippen LogP contribution in [-0.2, 0) is 5.41 Å². The number of benzene rings is 2. The Balaban J connectivity index is 1.51. The number of urea groups is 1. The van der Waals surface area contributed by atoms with Gasteiger partial charge >= 0.3 is 6.03 Å². The summed E-state index contributed by atoms with van der Waals surface area (Å²) in [5.41, 5.74) is 3.65. The van der Waals surface area contributed by atoms with Gasteiger partial charge in [-0.15, -0.1) is 0 Å². The van der Waals surface area contributed by atoms with Gasteiger partial charge in [0.05, 0.1) is 0 Å². The van der Waals surface area contributed by atoms with Crippen LogP contribution in [0.2, 0.25) is 0 Å². The molecule has 1 aliphatic heterocycles. The first-order valence-electron chi connectivity index (χ1n) is 9.36. The Bertz CT molecular complexity index is 734. The number of aryl methyl sites for hydroxylation is 1. The number of anilines is 1. The molecule has 0 radical (unpaired) electrons. The smallest absolute Gasteiger partial charge is 0.317 e. The average molecular weight is 351 g/mol. The second-order valence-corrected chi connectivity index (χ2v) is 7.72. The Morgan fingerprint density at radius 2 is 1.69 bits per heavy atom. The van der Waals surface area contributed by atoms with Gasteiger partial charge in [-0.25, -0.2) is 4.79 Å². The fraction of sp³-hybridized carbons (Fsp3) is 0.409. The van der Waals surface area contributed by atoms with Crippen molar-refractivity contribution in [2.75, 3.05) is 37.6 Å². The molecule has 0 atom stereocenters. The molecule has 1 N–H and O–H groups in total. The van der Waals surface area contributed by atoms with Gasteiger partial charge in [0.25, 0.3) is 0 Å². The highest BCUT2D eigenvalue weighted by Crippen LogP contribution is 2.23. The van der Waals surface area contributed by atoms with Crippen LogP contribution in [0.15, 0.2) is 54.6 Å². The topological polar surface area (TPSA) is 35.6 Å². The van der Waals surface area contributed by atoms with Crippen LogP contribution < -0.4 is 10.2 Å². The van der Waals surface area contributed by atoms with Gasteiger partial charge in [0, 0.05) is 43.8 Å². The largest absolute Gasteiger partial charge is 0.368 e. The van der Waals surface area contributed by atoms with Crippen molar-refractivity contribution >= 4 is 11.7 Å². The molecule has 1 aliphatic rings. The monoisotopic (exact) mass is 351 g/mol. The van der Waals surface area contributed by atoms with Gasteiger partial charge in [0.1, 0.15) is 0 Å². The maximum Gasteiger partial charge on any atom is 0.317 e. The quantitative estimate of drug-likeness (QED) is 0.909. The number of hydrogen-bond acceptors (Lipinski definition) is 2. The molecule has 0 unspecified atom stereocenters. The fourth-order valence-corrected chi connectivity index (χ4v) is 3.38. The molecule has 138 valence electrons. The first-order chi connectivity index (χ1) is 12.5. The third-order valence-electron chi connectivity index (χ3n) is 5.17. The van der Waals surface area contributed by atoms with Gasteiger partial charge in [-0.3, -0.25) is 0 Å². The van der Waals surface area contributed by atoms with Crippen molar-refractivity contribution in [3.8, 4) is 0 Å². The maximum absolute atomic E-state index is 12.6. The molecular formula is C22H29N3O. The second kappa shape index (κ2) is 7.81. The first kappa shape index (κ1) is 18.3. The van der Waals surface area contributed by atoms with Crippen molar-refractivity contribution in [2.45, 2.75) is 26.2 Å². The van der Waals surface area contributed by atoms with Crippen LogP contribution in [0.4, 0.5) is 10.5 Å². The minimum Gasteiger partial charge on any atom is -0.368 e. The van der Waals surface area contributed by atoms with E-state index in [-0.39, 0.29) is 11.4 Å². The summed E-state index contributed by atoms with van der Waals surface area (Å²) in [6.45, 7) is 10.3. The number of carbonyl (C=O) groups excluding carboxylic acids is 1. The molecule has 0 saturated carbocycles. The lowest BCUT2D eigenvalue weighted by Gasteiger charge is -2.36. The van der Waals surface area contributed by atoms with E-state index >= 15 is 0 Å². The molecular weight excluding hydrogens is 322 g/mol. The zero-order valence-corrected chi connectivity index (χ0v) is 16.0. The Labute approximate surface area is 156 Å². The lowest BCUT2D eigenvalue weighted by Crippen LogP contribution is -2.53. The van der Waals surface area contributed by atoms with Gasteiger partial charge in [-0.2, -0.15) is 0 Å².